The summed E-state index contributed by atoms with van der Waals surface area (Å²) in [6.07, 6.45) is 2.26. The first-order valence-corrected chi connectivity index (χ1v) is 20.5. The standard InChI is InChI=1S/C21H36O3Si4/c1-25(2)22-26(24-28(5,6)21-17-11-8-12-18-21)23-27(3,4)19-13-16-20-14-9-7-10-15-20/h7-12,14-15,17-18,25-26H,13,16,19H2,1-6H3. The summed E-state index contributed by atoms with van der Waals surface area (Å²) >= 11 is 0. The zero-order chi connectivity index (χ0) is 20.6. The maximum atomic E-state index is 6.65. The molecule has 154 valence electrons. The first kappa shape index (κ1) is 23.5. The highest BCUT2D eigenvalue weighted by atomic mass is 28.5. The van der Waals surface area contributed by atoms with Gasteiger partial charge < -0.3 is 12.3 Å². The van der Waals surface area contributed by atoms with Crippen molar-refractivity contribution in [2.45, 2.75) is 58.2 Å². The third-order valence-corrected chi connectivity index (χ3v) is 17.5. The van der Waals surface area contributed by atoms with Gasteiger partial charge in [0.1, 0.15) is 0 Å². The number of aryl methyl sites for hydroxylation is 1. The molecule has 0 radical (unpaired) electrons. The summed E-state index contributed by atoms with van der Waals surface area (Å²) in [7, 11) is -7.23. The van der Waals surface area contributed by atoms with Crippen molar-refractivity contribution in [2.75, 3.05) is 0 Å². The average molecular weight is 449 g/mol. The third kappa shape index (κ3) is 8.28. The fraction of sp³-hybridized carbons (Fsp3) is 0.429. The van der Waals surface area contributed by atoms with Crippen LogP contribution < -0.4 is 5.19 Å². The zero-order valence-corrected chi connectivity index (χ0v) is 22.6. The van der Waals surface area contributed by atoms with Gasteiger partial charge in [0.15, 0.2) is 17.4 Å². The largest absolute Gasteiger partial charge is 0.452 e. The van der Waals surface area contributed by atoms with Crippen molar-refractivity contribution in [2.24, 2.45) is 0 Å². The van der Waals surface area contributed by atoms with Crippen molar-refractivity contribution in [1.82, 2.24) is 0 Å². The second-order valence-electron chi connectivity index (χ2n) is 8.68. The lowest BCUT2D eigenvalue weighted by Gasteiger charge is -2.34. The van der Waals surface area contributed by atoms with Crippen LogP contribution in [0.3, 0.4) is 0 Å². The maximum Gasteiger partial charge on any atom is 0.452 e. The van der Waals surface area contributed by atoms with E-state index in [1.807, 2.05) is 0 Å². The van der Waals surface area contributed by atoms with E-state index in [1.165, 1.54) is 10.8 Å². The predicted molar refractivity (Wildman–Crippen MR) is 130 cm³/mol. The van der Waals surface area contributed by atoms with Gasteiger partial charge in [0.2, 0.25) is 8.32 Å². The summed E-state index contributed by atoms with van der Waals surface area (Å²) in [5.41, 5.74) is 1.40. The van der Waals surface area contributed by atoms with E-state index in [1.54, 1.807) is 0 Å². The van der Waals surface area contributed by atoms with Gasteiger partial charge in [-0.05, 0) is 68.9 Å². The van der Waals surface area contributed by atoms with Crippen LogP contribution in [0.5, 0.6) is 0 Å². The molecule has 0 bridgehead atoms. The van der Waals surface area contributed by atoms with E-state index in [9.17, 15) is 0 Å². The molecule has 3 nitrogen and oxygen atoms in total. The van der Waals surface area contributed by atoms with Gasteiger partial charge in [0.25, 0.3) is 0 Å². The van der Waals surface area contributed by atoms with Crippen molar-refractivity contribution in [3.05, 3.63) is 66.2 Å². The van der Waals surface area contributed by atoms with Crippen LogP contribution in [0.2, 0.25) is 45.3 Å². The van der Waals surface area contributed by atoms with E-state index in [0.29, 0.717) is 0 Å². The number of hydrogen-bond acceptors (Lipinski definition) is 3. The minimum absolute atomic E-state index is 1.11. The van der Waals surface area contributed by atoms with Crippen molar-refractivity contribution in [1.29, 1.82) is 0 Å². The first-order valence-electron chi connectivity index (χ1n) is 10.3. The highest BCUT2D eigenvalue weighted by Crippen LogP contribution is 2.20. The molecule has 1 atom stereocenters. The molecule has 7 heteroatoms. The molecule has 0 spiro atoms. The van der Waals surface area contributed by atoms with Crippen molar-refractivity contribution in [3.8, 4) is 0 Å². The summed E-state index contributed by atoms with van der Waals surface area (Å²) in [6, 6.07) is 22.4. The lowest BCUT2D eigenvalue weighted by molar-refractivity contribution is 0.305. The van der Waals surface area contributed by atoms with Crippen LogP contribution in [0, 0.1) is 0 Å². The number of benzene rings is 2. The van der Waals surface area contributed by atoms with E-state index in [0.717, 1.165) is 18.9 Å². The summed E-state index contributed by atoms with van der Waals surface area (Å²) in [4.78, 5) is 0. The molecule has 0 heterocycles. The summed E-state index contributed by atoms with van der Waals surface area (Å²) in [5, 5.41) is 1.30. The van der Waals surface area contributed by atoms with Gasteiger partial charge in [-0.1, -0.05) is 60.7 Å². The molecule has 0 aliphatic carbocycles. The number of rotatable bonds is 11. The molecular weight excluding hydrogens is 413 g/mol. The Hall–Kier alpha value is -0.812. The molecule has 0 amide bonds. The van der Waals surface area contributed by atoms with E-state index >= 15 is 0 Å². The molecule has 2 aromatic rings. The molecule has 0 aliphatic heterocycles. The van der Waals surface area contributed by atoms with Crippen molar-refractivity contribution < 1.29 is 12.3 Å². The van der Waals surface area contributed by atoms with Crippen LogP contribution in [0.15, 0.2) is 60.7 Å². The van der Waals surface area contributed by atoms with Crippen LogP contribution in [-0.2, 0) is 18.8 Å². The van der Waals surface area contributed by atoms with E-state index in [4.69, 9.17) is 12.3 Å². The highest BCUT2D eigenvalue weighted by Gasteiger charge is 2.36. The van der Waals surface area contributed by atoms with Crippen LogP contribution in [0.1, 0.15) is 12.0 Å². The van der Waals surface area contributed by atoms with Gasteiger partial charge in [-0.15, -0.1) is 0 Å². The van der Waals surface area contributed by atoms with Gasteiger partial charge in [-0.25, -0.2) is 0 Å². The Balaban J connectivity index is 1.97. The average Bonchev–Trinajstić information content (AvgIpc) is 2.62. The van der Waals surface area contributed by atoms with Gasteiger partial charge in [0, 0.05) is 0 Å². The summed E-state index contributed by atoms with van der Waals surface area (Å²) in [5.74, 6) is 0. The van der Waals surface area contributed by atoms with Crippen LogP contribution >= 0.6 is 0 Å². The Kier molecular flexibility index (Phi) is 9.07. The molecule has 1 unspecified atom stereocenters. The molecule has 0 saturated carbocycles. The van der Waals surface area contributed by atoms with Gasteiger partial charge in [0.05, 0.1) is 0 Å². The van der Waals surface area contributed by atoms with E-state index < -0.39 is 35.2 Å². The van der Waals surface area contributed by atoms with Crippen LogP contribution in [-0.4, -0.2) is 35.2 Å². The fourth-order valence-electron chi connectivity index (χ4n) is 3.13. The van der Waals surface area contributed by atoms with Gasteiger partial charge >= 0.3 is 9.53 Å². The lowest BCUT2D eigenvalue weighted by Crippen LogP contribution is -2.54. The monoisotopic (exact) mass is 448 g/mol. The zero-order valence-electron chi connectivity index (χ0n) is 18.3. The Morgan fingerprint density at radius 3 is 1.93 bits per heavy atom. The van der Waals surface area contributed by atoms with Crippen LogP contribution in [0.25, 0.3) is 0 Å². The fourth-order valence-corrected chi connectivity index (χ4v) is 14.0. The van der Waals surface area contributed by atoms with Crippen LogP contribution in [0.4, 0.5) is 0 Å². The Bertz CT molecular complexity index is 693. The minimum Gasteiger partial charge on any atom is -0.422 e. The highest BCUT2D eigenvalue weighted by molar-refractivity contribution is 6.89. The van der Waals surface area contributed by atoms with Gasteiger partial charge in [-0.2, -0.15) is 0 Å². The van der Waals surface area contributed by atoms with Crippen molar-refractivity contribution in [3.63, 3.8) is 0 Å². The van der Waals surface area contributed by atoms with E-state index in [2.05, 4.69) is 99.9 Å². The molecule has 0 saturated heterocycles. The summed E-state index contributed by atoms with van der Waals surface area (Å²) < 4.78 is 19.6. The molecular formula is C21H36O3Si4. The van der Waals surface area contributed by atoms with Crippen molar-refractivity contribution >= 4 is 40.4 Å². The Morgan fingerprint density at radius 1 is 0.786 bits per heavy atom. The molecule has 28 heavy (non-hydrogen) atoms. The molecule has 2 aromatic carbocycles. The lowest BCUT2D eigenvalue weighted by atomic mass is 10.1. The molecule has 0 N–H and O–H groups in total. The third-order valence-electron chi connectivity index (χ3n) is 4.75. The minimum atomic E-state index is -2.14. The SMILES string of the molecule is C[SiH](C)O[SiH](O[Si](C)(C)CCCc1ccccc1)O[Si](C)(C)c1ccccc1. The quantitative estimate of drug-likeness (QED) is 0.467. The topological polar surface area (TPSA) is 27.7 Å². The smallest absolute Gasteiger partial charge is 0.422 e. The maximum absolute atomic E-state index is 6.65. The molecule has 0 aromatic heterocycles. The second kappa shape index (κ2) is 10.8. The first-order chi connectivity index (χ1) is 13.2. The number of hydrogen-bond donors (Lipinski definition) is 0. The normalized spacial score (nSPS) is 13.7. The van der Waals surface area contributed by atoms with Gasteiger partial charge in [-0.3, -0.25) is 0 Å². The molecule has 2 rings (SSSR count). The molecule has 0 aliphatic rings. The second-order valence-corrected chi connectivity index (χ2v) is 22.0. The Morgan fingerprint density at radius 2 is 1.36 bits per heavy atom. The Labute approximate surface area is 177 Å². The summed E-state index contributed by atoms with van der Waals surface area (Å²) in [6.45, 7) is 13.5. The predicted octanol–water partition coefficient (Wildman–Crippen LogP) is 4.69. The molecule has 0 fully saturated rings. The van der Waals surface area contributed by atoms with E-state index in [-0.39, 0.29) is 0 Å².